The molecule has 0 spiro atoms. The quantitative estimate of drug-likeness (QED) is 0.912. The Hall–Kier alpha value is 0.1000. The summed E-state index contributed by atoms with van der Waals surface area (Å²) in [4.78, 5) is 4.08. The molecule has 2 nitrogen and oxygen atoms in total. The lowest BCUT2D eigenvalue weighted by molar-refractivity contribution is 0.149. The van der Waals surface area contributed by atoms with Crippen LogP contribution in [0.5, 0.6) is 0 Å². The largest absolute Gasteiger partial charge is 0.314 e. The first kappa shape index (κ1) is 13.1. The molecule has 2 unspecified atom stereocenters. The first-order valence-electron chi connectivity index (χ1n) is 6.92. The monoisotopic (exact) mass is 328 g/mol. The number of nitrogens with one attached hydrogen (secondary N) is 1. The van der Waals surface area contributed by atoms with E-state index in [-0.39, 0.29) is 0 Å². The highest BCUT2D eigenvalue weighted by Crippen LogP contribution is 2.34. The van der Waals surface area contributed by atoms with E-state index in [0.29, 0.717) is 0 Å². The molecule has 1 aromatic heterocycles. The third kappa shape index (κ3) is 2.82. The van der Waals surface area contributed by atoms with Crippen molar-refractivity contribution < 1.29 is 0 Å². The molecule has 1 N–H and O–H groups in total. The van der Waals surface area contributed by atoms with Crippen LogP contribution in [0, 0.1) is 0 Å². The van der Waals surface area contributed by atoms with Gasteiger partial charge in [0.15, 0.2) is 0 Å². The maximum Gasteiger partial charge on any atom is 0.0701 e. The minimum Gasteiger partial charge on any atom is -0.314 e. The molecule has 3 rings (SSSR count). The molecule has 100 valence electrons. The number of hydrogen-bond donors (Lipinski definition) is 1. The van der Waals surface area contributed by atoms with Crippen molar-refractivity contribution in [2.24, 2.45) is 0 Å². The van der Waals surface area contributed by atoms with Crippen LogP contribution in [0.2, 0.25) is 0 Å². The topological polar surface area (TPSA) is 15.3 Å². The standard InChI is InChI=1S/C14H21BrN2S/c1-17-11-2-3-12(17)9-10(8-11)16-7-6-13-4-5-14(15)18-13/h4-5,10-12,16H,2-3,6-9H2,1H3. The van der Waals surface area contributed by atoms with Gasteiger partial charge in [0.25, 0.3) is 0 Å². The average molecular weight is 329 g/mol. The van der Waals surface area contributed by atoms with E-state index < -0.39 is 0 Å². The van der Waals surface area contributed by atoms with Crippen molar-refractivity contribution in [1.29, 1.82) is 0 Å². The molecule has 18 heavy (non-hydrogen) atoms. The van der Waals surface area contributed by atoms with Gasteiger partial charge in [-0.1, -0.05) is 0 Å². The number of fused-ring (bicyclic) bond motifs is 2. The number of rotatable bonds is 4. The summed E-state index contributed by atoms with van der Waals surface area (Å²) in [5.74, 6) is 0. The number of hydrogen-bond acceptors (Lipinski definition) is 3. The molecule has 0 aromatic carbocycles. The van der Waals surface area contributed by atoms with Crippen LogP contribution in [0.3, 0.4) is 0 Å². The zero-order chi connectivity index (χ0) is 12.5. The summed E-state index contributed by atoms with van der Waals surface area (Å²) in [6.45, 7) is 1.13. The van der Waals surface area contributed by atoms with Crippen molar-refractivity contribution >= 4 is 27.3 Å². The van der Waals surface area contributed by atoms with Gasteiger partial charge in [0, 0.05) is 29.5 Å². The maximum absolute atomic E-state index is 3.77. The Morgan fingerprint density at radius 3 is 2.67 bits per heavy atom. The SMILES string of the molecule is CN1C2CCC1CC(NCCc1ccc(Br)s1)C2. The molecule has 4 heteroatoms. The van der Waals surface area contributed by atoms with Crippen molar-refractivity contribution in [1.82, 2.24) is 10.2 Å². The highest BCUT2D eigenvalue weighted by Gasteiger charge is 2.37. The fraction of sp³-hybridized carbons (Fsp3) is 0.714. The molecule has 1 aromatic rings. The normalized spacial score (nSPS) is 32.0. The zero-order valence-corrected chi connectivity index (χ0v) is 13.3. The molecule has 2 atom stereocenters. The molecule has 2 fully saturated rings. The van der Waals surface area contributed by atoms with Crippen molar-refractivity contribution in [3.05, 3.63) is 20.8 Å². The second-order valence-corrected chi connectivity index (χ2v) is 8.18. The van der Waals surface area contributed by atoms with Gasteiger partial charge < -0.3 is 10.2 Å². The number of halogens is 1. The molecular formula is C14H21BrN2S. The average Bonchev–Trinajstić information content (AvgIpc) is 2.82. The van der Waals surface area contributed by atoms with Gasteiger partial charge in [-0.15, -0.1) is 11.3 Å². The summed E-state index contributed by atoms with van der Waals surface area (Å²) < 4.78 is 1.25. The van der Waals surface area contributed by atoms with E-state index >= 15 is 0 Å². The van der Waals surface area contributed by atoms with Crippen LogP contribution in [0.1, 0.15) is 30.6 Å². The molecule has 2 aliphatic rings. The van der Waals surface area contributed by atoms with Crippen LogP contribution in [0.4, 0.5) is 0 Å². The smallest absolute Gasteiger partial charge is 0.0701 e. The Morgan fingerprint density at radius 2 is 2.06 bits per heavy atom. The molecule has 2 aliphatic heterocycles. The van der Waals surface area contributed by atoms with Crippen molar-refractivity contribution in [3.63, 3.8) is 0 Å². The first-order chi connectivity index (χ1) is 8.72. The van der Waals surface area contributed by atoms with E-state index in [4.69, 9.17) is 0 Å². The lowest BCUT2D eigenvalue weighted by atomic mass is 9.98. The van der Waals surface area contributed by atoms with Gasteiger partial charge in [0.05, 0.1) is 3.79 Å². The number of piperidine rings is 1. The predicted octanol–water partition coefficient (Wildman–Crippen LogP) is 3.27. The van der Waals surface area contributed by atoms with Crippen molar-refractivity contribution in [3.8, 4) is 0 Å². The third-order valence-corrected chi connectivity index (χ3v) is 6.21. The van der Waals surface area contributed by atoms with Crippen LogP contribution in [-0.2, 0) is 6.42 Å². The Kier molecular flexibility index (Phi) is 4.09. The Morgan fingerprint density at radius 1 is 1.33 bits per heavy atom. The highest BCUT2D eigenvalue weighted by molar-refractivity contribution is 9.11. The van der Waals surface area contributed by atoms with Crippen LogP contribution < -0.4 is 5.32 Å². The van der Waals surface area contributed by atoms with E-state index in [0.717, 1.165) is 31.1 Å². The second-order valence-electron chi connectivity index (χ2n) is 5.63. The second kappa shape index (κ2) is 5.61. The van der Waals surface area contributed by atoms with Crippen molar-refractivity contribution in [2.45, 2.75) is 50.2 Å². The van der Waals surface area contributed by atoms with Gasteiger partial charge in [-0.3, -0.25) is 0 Å². The lowest BCUT2D eigenvalue weighted by Gasteiger charge is -2.36. The van der Waals surface area contributed by atoms with Crippen LogP contribution in [0.15, 0.2) is 15.9 Å². The highest BCUT2D eigenvalue weighted by atomic mass is 79.9. The summed E-state index contributed by atoms with van der Waals surface area (Å²) in [6.07, 6.45) is 6.69. The maximum atomic E-state index is 3.77. The fourth-order valence-electron chi connectivity index (χ4n) is 3.46. The van der Waals surface area contributed by atoms with E-state index in [2.05, 4.69) is 45.3 Å². The third-order valence-electron chi connectivity index (χ3n) is 4.53. The zero-order valence-electron chi connectivity index (χ0n) is 10.9. The lowest BCUT2D eigenvalue weighted by Crippen LogP contribution is -2.47. The van der Waals surface area contributed by atoms with Gasteiger partial charge in [-0.25, -0.2) is 0 Å². The fourth-order valence-corrected chi connectivity index (χ4v) is 4.95. The summed E-state index contributed by atoms with van der Waals surface area (Å²) in [5, 5.41) is 3.77. The van der Waals surface area contributed by atoms with E-state index in [1.54, 1.807) is 0 Å². The Labute approximate surface area is 122 Å². The molecule has 0 saturated carbocycles. The summed E-state index contributed by atoms with van der Waals surface area (Å²) in [5.41, 5.74) is 0. The van der Waals surface area contributed by atoms with Gasteiger partial charge in [-0.2, -0.15) is 0 Å². The van der Waals surface area contributed by atoms with Gasteiger partial charge in [-0.05, 0) is 67.2 Å². The van der Waals surface area contributed by atoms with Gasteiger partial charge in [0.2, 0.25) is 0 Å². The van der Waals surface area contributed by atoms with Crippen molar-refractivity contribution in [2.75, 3.05) is 13.6 Å². The number of nitrogens with zero attached hydrogens (tertiary/aromatic N) is 1. The van der Waals surface area contributed by atoms with Gasteiger partial charge >= 0.3 is 0 Å². The van der Waals surface area contributed by atoms with E-state index in [9.17, 15) is 0 Å². The predicted molar refractivity (Wildman–Crippen MR) is 81.3 cm³/mol. The molecule has 2 bridgehead atoms. The molecule has 0 amide bonds. The number of thiophene rings is 1. The van der Waals surface area contributed by atoms with Gasteiger partial charge in [0.1, 0.15) is 0 Å². The van der Waals surface area contributed by atoms with Crippen LogP contribution in [0.25, 0.3) is 0 Å². The van der Waals surface area contributed by atoms with E-state index in [1.165, 1.54) is 34.3 Å². The molecule has 0 radical (unpaired) electrons. The molecule has 3 heterocycles. The Balaban J connectivity index is 1.44. The Bertz CT molecular complexity index is 392. The minimum absolute atomic E-state index is 0.752. The van der Waals surface area contributed by atoms with Crippen LogP contribution >= 0.6 is 27.3 Å². The molecular weight excluding hydrogens is 308 g/mol. The van der Waals surface area contributed by atoms with Crippen LogP contribution in [-0.4, -0.2) is 36.6 Å². The molecule has 0 aliphatic carbocycles. The first-order valence-corrected chi connectivity index (χ1v) is 8.53. The summed E-state index contributed by atoms with van der Waals surface area (Å²) in [7, 11) is 2.31. The molecule has 2 saturated heterocycles. The van der Waals surface area contributed by atoms with E-state index in [1.807, 2.05) is 11.3 Å². The summed E-state index contributed by atoms with van der Waals surface area (Å²) >= 11 is 5.38. The minimum atomic E-state index is 0.752. The summed E-state index contributed by atoms with van der Waals surface area (Å²) in [6, 6.07) is 6.82.